The van der Waals surface area contributed by atoms with Crippen molar-refractivity contribution in [1.29, 1.82) is 0 Å². The van der Waals surface area contributed by atoms with Crippen LogP contribution in [0.4, 0.5) is 23.3 Å². The van der Waals surface area contributed by atoms with E-state index in [-0.39, 0.29) is 0 Å². The summed E-state index contributed by atoms with van der Waals surface area (Å²) in [5.41, 5.74) is 16.5. The van der Waals surface area contributed by atoms with Gasteiger partial charge >= 0.3 is 11.9 Å². The van der Waals surface area contributed by atoms with Gasteiger partial charge in [0.25, 0.3) is 0 Å². The summed E-state index contributed by atoms with van der Waals surface area (Å²) in [7, 11) is 0. The third-order valence-corrected chi connectivity index (χ3v) is 17.8. The average Bonchev–Trinajstić information content (AvgIpc) is 1.68. The molecular formula is C71H88N10O6. The molecule has 0 amide bonds. The Morgan fingerprint density at radius 2 is 0.885 bits per heavy atom. The van der Waals surface area contributed by atoms with Gasteiger partial charge < -0.3 is 43.5 Å². The maximum Gasteiger partial charge on any atom is 0.337 e. The first-order valence-corrected chi connectivity index (χ1v) is 31.4. The highest BCUT2D eigenvalue weighted by atomic mass is 16.5. The van der Waals surface area contributed by atoms with Crippen LogP contribution in [0, 0.1) is 41.5 Å². The van der Waals surface area contributed by atoms with E-state index in [1.165, 1.54) is 51.6 Å². The molecule has 4 aliphatic heterocycles. The predicted molar refractivity (Wildman–Crippen MR) is 347 cm³/mol. The molecule has 0 spiro atoms. The van der Waals surface area contributed by atoms with Crippen LogP contribution >= 0.6 is 0 Å². The summed E-state index contributed by atoms with van der Waals surface area (Å²) in [6.07, 6.45) is 14.2. The quantitative estimate of drug-likeness (QED) is 0.0995. The molecule has 0 unspecified atom stereocenters. The number of piperidine rings is 2. The van der Waals surface area contributed by atoms with E-state index in [4.69, 9.17) is 29.4 Å². The highest BCUT2D eigenvalue weighted by Gasteiger charge is 2.39. The molecule has 8 aromatic rings. The third-order valence-electron chi connectivity index (χ3n) is 17.8. The molecule has 0 radical (unpaired) electrons. The monoisotopic (exact) mass is 1180 g/mol. The lowest BCUT2D eigenvalue weighted by Gasteiger charge is -2.35. The first-order chi connectivity index (χ1) is 41.5. The number of aryl methyl sites for hydroxylation is 4. The Bertz CT molecular complexity index is 3810. The molecule has 2 fully saturated rings. The zero-order valence-corrected chi connectivity index (χ0v) is 53.3. The second-order valence-corrected chi connectivity index (χ2v) is 26.6. The molecular weight excluding hydrogens is 1090 g/mol. The summed E-state index contributed by atoms with van der Waals surface area (Å²) < 4.78 is 17.4. The lowest BCUT2D eigenvalue weighted by Crippen LogP contribution is -2.32. The Labute approximate surface area is 513 Å². The van der Waals surface area contributed by atoms with Crippen LogP contribution in [-0.2, 0) is 45.1 Å². The Kier molecular flexibility index (Phi) is 17.5. The van der Waals surface area contributed by atoms with Gasteiger partial charge in [-0.2, -0.15) is 0 Å². The molecule has 16 heteroatoms. The van der Waals surface area contributed by atoms with Crippen LogP contribution in [0.15, 0.2) is 85.5 Å². The Balaban J connectivity index is 0.000000180. The van der Waals surface area contributed by atoms with E-state index in [0.29, 0.717) is 36.1 Å². The van der Waals surface area contributed by atoms with Crippen molar-refractivity contribution in [3.8, 4) is 22.3 Å². The minimum atomic E-state index is -1.16. The molecule has 2 atom stereocenters. The van der Waals surface area contributed by atoms with Crippen molar-refractivity contribution < 1.29 is 29.3 Å². The molecule has 458 valence electrons. The van der Waals surface area contributed by atoms with Crippen LogP contribution in [0.1, 0.15) is 148 Å². The van der Waals surface area contributed by atoms with Gasteiger partial charge in [-0.05, 0) is 192 Å². The molecule has 4 aromatic carbocycles. The molecule has 0 saturated carbocycles. The van der Waals surface area contributed by atoms with Crippen LogP contribution in [0.5, 0.6) is 0 Å². The molecule has 8 heterocycles. The van der Waals surface area contributed by atoms with E-state index in [1.54, 1.807) is 0 Å². The van der Waals surface area contributed by atoms with Gasteiger partial charge in [0.1, 0.15) is 0 Å². The number of aliphatic carboxylic acids is 2. The van der Waals surface area contributed by atoms with Gasteiger partial charge in [-0.25, -0.2) is 29.5 Å². The number of hydrogen-bond acceptors (Lipinski definition) is 12. The lowest BCUT2D eigenvalue weighted by molar-refractivity contribution is -0.161. The number of carboxylic acids is 2. The van der Waals surface area contributed by atoms with E-state index >= 15 is 0 Å². The van der Waals surface area contributed by atoms with Crippen LogP contribution in [0.2, 0.25) is 0 Å². The average molecular weight is 1180 g/mol. The number of benzene rings is 4. The maximum atomic E-state index is 13.0. The highest BCUT2D eigenvalue weighted by Crippen LogP contribution is 2.51. The first kappa shape index (κ1) is 61.2. The van der Waals surface area contributed by atoms with E-state index in [2.05, 4.69) is 117 Å². The molecule has 16 nitrogen and oxygen atoms in total. The largest absolute Gasteiger partial charge is 0.479 e. The van der Waals surface area contributed by atoms with Crippen LogP contribution in [0.25, 0.3) is 44.1 Å². The fourth-order valence-corrected chi connectivity index (χ4v) is 13.7. The minimum Gasteiger partial charge on any atom is -0.479 e. The van der Waals surface area contributed by atoms with Gasteiger partial charge in [-0.1, -0.05) is 72.5 Å². The number of anilines is 4. The number of carbonyl (C=O) groups is 2. The molecule has 2 saturated heterocycles. The van der Waals surface area contributed by atoms with Crippen LogP contribution < -0.4 is 9.80 Å². The molecule has 4 aromatic heterocycles. The number of rotatable bonds is 15. The maximum absolute atomic E-state index is 13.0. The smallest absolute Gasteiger partial charge is 0.337 e. The van der Waals surface area contributed by atoms with Crippen LogP contribution in [0.3, 0.4) is 0 Å². The fraction of sp³-hybridized carbons (Fsp3) is 0.465. The van der Waals surface area contributed by atoms with E-state index in [9.17, 15) is 19.8 Å². The van der Waals surface area contributed by atoms with E-state index in [0.717, 1.165) is 146 Å². The number of carboxylic acid groups (broad SMARTS) is 2. The topological polar surface area (TPSA) is 167 Å². The second kappa shape index (κ2) is 24.9. The standard InChI is InChI=1S/C36H45N5O3.C35H43N5O3/c1-23-10-12-27(13-11-23)30-28-20-24(2)40-18-19-41(35-37-21-26(22-38-35)14-17-39-15-8-7-9-16-39)31(32(28)40)25(3)29(30)33(34(42)43)44-36(4,5)6;1-22-10-12-26(13-11-22)29-27-18-23(2)39-16-17-40(34-36-19-25(20-37-34)21-38-14-8-7-9-15-38)30(31(27)39)24(3)28(29)32(33(41)42)43-35(4,5)6/h10-13,20-22,33H,7-9,14-19H2,1-6H3,(H,42,43);10-13,18-20,32H,7-9,14-17,21H2,1-6H3,(H,41,42)/t33-;32-/m00/s1. The van der Waals surface area contributed by atoms with E-state index < -0.39 is 35.3 Å². The summed E-state index contributed by atoms with van der Waals surface area (Å²) in [5.74, 6) is -0.737. The minimum absolute atomic E-state index is 0.634. The normalized spacial score (nSPS) is 16.5. The lowest BCUT2D eigenvalue weighted by atomic mass is 9.87. The Morgan fingerprint density at radius 3 is 1.26 bits per heavy atom. The Morgan fingerprint density at radius 1 is 0.506 bits per heavy atom. The number of nitrogens with zero attached hydrogens (tertiary/aromatic N) is 10. The van der Waals surface area contributed by atoms with Gasteiger partial charge in [0, 0.05) is 103 Å². The van der Waals surface area contributed by atoms with Crippen molar-refractivity contribution in [2.24, 2.45) is 0 Å². The number of likely N-dealkylation sites (tertiary alicyclic amines) is 2. The zero-order chi connectivity index (χ0) is 61.6. The van der Waals surface area contributed by atoms with Gasteiger partial charge in [0.15, 0.2) is 12.2 Å². The van der Waals surface area contributed by atoms with Crippen molar-refractivity contribution >= 4 is 57.0 Å². The summed E-state index contributed by atoms with van der Waals surface area (Å²) in [5, 5.41) is 23.3. The zero-order valence-electron chi connectivity index (χ0n) is 53.3. The summed E-state index contributed by atoms with van der Waals surface area (Å²) >= 11 is 0. The SMILES string of the molecule is Cc1ccc(-c2c([C@H](OC(C)(C)C)C(=O)O)c(C)c3c4c2cc(C)n4CCN3c2ncc(CCN3CCCCC3)cn2)cc1.Cc1ccc(-c2c([C@H](OC(C)(C)C)C(=O)O)c(C)c3c4c2cc(C)n4CCN3c2ncc(CN3CCCCC3)cn2)cc1. The number of aromatic nitrogens is 6. The van der Waals surface area contributed by atoms with E-state index in [1.807, 2.05) is 80.2 Å². The number of hydrogen-bond donors (Lipinski definition) is 2. The van der Waals surface area contributed by atoms with Crippen molar-refractivity contribution in [1.82, 2.24) is 38.9 Å². The van der Waals surface area contributed by atoms with Crippen molar-refractivity contribution in [3.05, 3.63) is 141 Å². The summed E-state index contributed by atoms with van der Waals surface area (Å²) in [6.45, 7) is 33.3. The molecule has 0 aliphatic carbocycles. The third kappa shape index (κ3) is 12.8. The van der Waals surface area contributed by atoms with Gasteiger partial charge in [-0.15, -0.1) is 0 Å². The highest BCUT2D eigenvalue weighted by molar-refractivity contribution is 6.10. The van der Waals surface area contributed by atoms with Crippen LogP contribution in [-0.4, -0.2) is 118 Å². The van der Waals surface area contributed by atoms with Crippen molar-refractivity contribution in [3.63, 3.8) is 0 Å². The van der Waals surface area contributed by atoms with Crippen molar-refractivity contribution in [2.45, 2.75) is 171 Å². The van der Waals surface area contributed by atoms with Gasteiger partial charge in [0.2, 0.25) is 11.9 Å². The summed E-state index contributed by atoms with van der Waals surface area (Å²) in [4.78, 5) is 54.8. The number of ether oxygens (including phenoxy) is 2. The van der Waals surface area contributed by atoms with Gasteiger partial charge in [0.05, 0.1) is 33.6 Å². The van der Waals surface area contributed by atoms with Gasteiger partial charge in [-0.3, -0.25) is 4.90 Å². The molecule has 87 heavy (non-hydrogen) atoms. The molecule has 2 N–H and O–H groups in total. The Hall–Kier alpha value is -7.50. The molecule has 4 aliphatic rings. The molecule has 0 bridgehead atoms. The predicted octanol–water partition coefficient (Wildman–Crippen LogP) is 14.2. The second-order valence-electron chi connectivity index (χ2n) is 26.6. The first-order valence-electron chi connectivity index (χ1n) is 31.4. The van der Waals surface area contributed by atoms with Crippen molar-refractivity contribution in [2.75, 3.05) is 55.6 Å². The summed E-state index contributed by atoms with van der Waals surface area (Å²) in [6, 6.07) is 21.1. The molecule has 12 rings (SSSR count). The fourth-order valence-electron chi connectivity index (χ4n) is 13.7.